The summed E-state index contributed by atoms with van der Waals surface area (Å²) in [5.74, 6) is 0.633. The van der Waals surface area contributed by atoms with E-state index in [0.29, 0.717) is 12.3 Å². The van der Waals surface area contributed by atoms with Gasteiger partial charge in [0.25, 0.3) is 0 Å². The van der Waals surface area contributed by atoms with E-state index in [9.17, 15) is 4.79 Å². The number of aryl methyl sites for hydroxylation is 1. The van der Waals surface area contributed by atoms with Crippen molar-refractivity contribution in [3.8, 4) is 0 Å². The van der Waals surface area contributed by atoms with Crippen molar-refractivity contribution >= 4 is 28.5 Å². The number of benzene rings is 1. The lowest BCUT2D eigenvalue weighted by Gasteiger charge is -2.31. The molecule has 4 rings (SSSR count). The topological polar surface area (TPSA) is 85.5 Å². The van der Waals surface area contributed by atoms with Crippen molar-refractivity contribution in [2.75, 3.05) is 24.6 Å². The number of tetrazole rings is 1. The molecular formula is C17H20N6O2. The first kappa shape index (κ1) is 15.7. The van der Waals surface area contributed by atoms with Crippen molar-refractivity contribution in [2.45, 2.75) is 26.7 Å². The van der Waals surface area contributed by atoms with Gasteiger partial charge in [0.2, 0.25) is 5.65 Å². The van der Waals surface area contributed by atoms with Gasteiger partial charge in [0, 0.05) is 13.1 Å². The molecule has 8 nitrogen and oxygen atoms in total. The number of fused-ring (bicyclic) bond motifs is 3. The Labute approximate surface area is 144 Å². The van der Waals surface area contributed by atoms with Gasteiger partial charge in [-0.2, -0.15) is 4.52 Å². The second kappa shape index (κ2) is 6.27. The largest absolute Gasteiger partial charge is 0.466 e. The maximum Gasteiger partial charge on any atom is 0.309 e. The van der Waals surface area contributed by atoms with Gasteiger partial charge >= 0.3 is 5.97 Å². The molecule has 3 aromatic rings. The Kier molecular flexibility index (Phi) is 3.95. The van der Waals surface area contributed by atoms with Crippen molar-refractivity contribution < 1.29 is 9.53 Å². The second-order valence-corrected chi connectivity index (χ2v) is 6.36. The van der Waals surface area contributed by atoms with Crippen molar-refractivity contribution in [1.82, 2.24) is 25.0 Å². The molecule has 0 atom stereocenters. The van der Waals surface area contributed by atoms with E-state index in [-0.39, 0.29) is 11.9 Å². The lowest BCUT2D eigenvalue weighted by molar-refractivity contribution is -0.148. The molecular weight excluding hydrogens is 320 g/mol. The van der Waals surface area contributed by atoms with Crippen LogP contribution in [0.3, 0.4) is 0 Å². The first-order valence-corrected chi connectivity index (χ1v) is 8.57. The number of esters is 1. The van der Waals surface area contributed by atoms with Crippen LogP contribution in [0.5, 0.6) is 0 Å². The molecule has 1 aromatic carbocycles. The van der Waals surface area contributed by atoms with Crippen LogP contribution in [0.2, 0.25) is 0 Å². The van der Waals surface area contributed by atoms with Gasteiger partial charge in [-0.3, -0.25) is 4.79 Å². The molecule has 130 valence electrons. The van der Waals surface area contributed by atoms with E-state index in [1.54, 1.807) is 4.52 Å². The van der Waals surface area contributed by atoms with Crippen LogP contribution in [0.1, 0.15) is 25.3 Å². The number of rotatable bonds is 3. The second-order valence-electron chi connectivity index (χ2n) is 6.36. The van der Waals surface area contributed by atoms with Crippen LogP contribution in [0.15, 0.2) is 18.2 Å². The normalized spacial score (nSPS) is 15.8. The summed E-state index contributed by atoms with van der Waals surface area (Å²) >= 11 is 0. The van der Waals surface area contributed by atoms with E-state index in [2.05, 4.69) is 20.4 Å². The SMILES string of the molecule is CCOC(=O)C1CCN(c2nc3ccc(C)cc3n3nnnc23)CC1. The Morgan fingerprint density at radius 1 is 1.32 bits per heavy atom. The zero-order valence-electron chi connectivity index (χ0n) is 14.3. The number of carbonyl (C=O) groups excluding carboxylic acids is 1. The fourth-order valence-electron chi connectivity index (χ4n) is 3.35. The minimum Gasteiger partial charge on any atom is -0.466 e. The van der Waals surface area contributed by atoms with Crippen molar-refractivity contribution in [2.24, 2.45) is 5.92 Å². The standard InChI is InChI=1S/C17H20N6O2/c1-3-25-17(24)12-6-8-22(9-7-12)15-16-19-20-21-23(16)14-10-11(2)4-5-13(14)18-15/h4-5,10,12H,3,6-9H2,1-2H3. The third-order valence-corrected chi connectivity index (χ3v) is 4.67. The van der Waals surface area contributed by atoms with Crippen LogP contribution in [0.4, 0.5) is 5.82 Å². The third kappa shape index (κ3) is 2.77. The Bertz CT molecular complexity index is 929. The summed E-state index contributed by atoms with van der Waals surface area (Å²) in [7, 11) is 0. The molecule has 1 fully saturated rings. The van der Waals surface area contributed by atoms with Gasteiger partial charge in [-0.05, 0) is 54.8 Å². The number of hydrogen-bond donors (Lipinski definition) is 0. The highest BCUT2D eigenvalue weighted by atomic mass is 16.5. The van der Waals surface area contributed by atoms with E-state index in [4.69, 9.17) is 9.72 Å². The number of ether oxygens (including phenoxy) is 1. The molecule has 8 heteroatoms. The first-order chi connectivity index (χ1) is 12.2. The fraction of sp³-hybridized carbons (Fsp3) is 0.471. The van der Waals surface area contributed by atoms with Crippen LogP contribution in [0, 0.1) is 12.8 Å². The van der Waals surface area contributed by atoms with Gasteiger partial charge in [0.1, 0.15) is 0 Å². The van der Waals surface area contributed by atoms with E-state index >= 15 is 0 Å². The zero-order valence-corrected chi connectivity index (χ0v) is 14.3. The monoisotopic (exact) mass is 340 g/mol. The van der Waals surface area contributed by atoms with E-state index in [1.807, 2.05) is 32.0 Å². The summed E-state index contributed by atoms with van der Waals surface area (Å²) in [4.78, 5) is 18.9. The molecule has 0 radical (unpaired) electrons. The number of nitrogens with zero attached hydrogens (tertiary/aromatic N) is 6. The van der Waals surface area contributed by atoms with Crippen LogP contribution >= 0.6 is 0 Å². The molecule has 1 aliphatic rings. The molecule has 2 aromatic heterocycles. The molecule has 1 saturated heterocycles. The highest BCUT2D eigenvalue weighted by Gasteiger charge is 2.28. The van der Waals surface area contributed by atoms with Gasteiger partial charge < -0.3 is 9.64 Å². The van der Waals surface area contributed by atoms with Gasteiger partial charge in [-0.1, -0.05) is 6.07 Å². The zero-order chi connectivity index (χ0) is 17.4. The number of hydrogen-bond acceptors (Lipinski definition) is 7. The van der Waals surface area contributed by atoms with E-state index in [0.717, 1.165) is 48.3 Å². The summed E-state index contributed by atoms with van der Waals surface area (Å²) in [5, 5.41) is 12.1. The molecule has 1 aliphatic heterocycles. The molecule has 0 amide bonds. The smallest absolute Gasteiger partial charge is 0.309 e. The molecule has 0 bridgehead atoms. The van der Waals surface area contributed by atoms with Crippen molar-refractivity contribution in [3.63, 3.8) is 0 Å². The van der Waals surface area contributed by atoms with Crippen molar-refractivity contribution in [1.29, 1.82) is 0 Å². The average Bonchev–Trinajstić information content (AvgIpc) is 3.12. The van der Waals surface area contributed by atoms with Gasteiger partial charge in [0.05, 0.1) is 23.6 Å². The lowest BCUT2D eigenvalue weighted by atomic mass is 9.97. The summed E-state index contributed by atoms with van der Waals surface area (Å²) in [6, 6.07) is 6.05. The van der Waals surface area contributed by atoms with Gasteiger partial charge in [-0.15, -0.1) is 5.10 Å². The van der Waals surface area contributed by atoms with Crippen LogP contribution in [-0.4, -0.2) is 50.7 Å². The summed E-state index contributed by atoms with van der Waals surface area (Å²) in [6.45, 7) is 5.76. The molecule has 0 aliphatic carbocycles. The highest BCUT2D eigenvalue weighted by molar-refractivity contribution is 5.83. The van der Waals surface area contributed by atoms with Crippen LogP contribution < -0.4 is 4.90 Å². The fourth-order valence-corrected chi connectivity index (χ4v) is 3.35. The summed E-state index contributed by atoms with van der Waals surface area (Å²) in [6.07, 6.45) is 1.50. The minimum atomic E-state index is -0.0987. The molecule has 3 heterocycles. The number of carbonyl (C=O) groups is 1. The minimum absolute atomic E-state index is 0.0358. The maximum atomic E-state index is 11.9. The molecule has 0 unspecified atom stereocenters. The predicted molar refractivity (Wildman–Crippen MR) is 92.4 cm³/mol. The summed E-state index contributed by atoms with van der Waals surface area (Å²) in [5.41, 5.74) is 3.53. The Morgan fingerprint density at radius 3 is 2.88 bits per heavy atom. The van der Waals surface area contributed by atoms with Crippen LogP contribution in [-0.2, 0) is 9.53 Å². The molecule has 25 heavy (non-hydrogen) atoms. The van der Waals surface area contributed by atoms with Gasteiger partial charge in [0.15, 0.2) is 5.82 Å². The highest BCUT2D eigenvalue weighted by Crippen LogP contribution is 2.27. The quantitative estimate of drug-likeness (QED) is 0.672. The molecule has 0 saturated carbocycles. The number of anilines is 1. The summed E-state index contributed by atoms with van der Waals surface area (Å²) < 4.78 is 6.88. The number of piperidine rings is 1. The number of aromatic nitrogens is 5. The molecule has 0 spiro atoms. The average molecular weight is 340 g/mol. The Morgan fingerprint density at radius 2 is 2.12 bits per heavy atom. The lowest BCUT2D eigenvalue weighted by Crippen LogP contribution is -2.37. The van der Waals surface area contributed by atoms with E-state index < -0.39 is 0 Å². The third-order valence-electron chi connectivity index (χ3n) is 4.67. The Hall–Kier alpha value is -2.77. The Balaban J connectivity index is 1.67. The van der Waals surface area contributed by atoms with Gasteiger partial charge in [-0.25, -0.2) is 4.98 Å². The molecule has 0 N–H and O–H groups in total. The first-order valence-electron chi connectivity index (χ1n) is 8.57. The van der Waals surface area contributed by atoms with Crippen LogP contribution in [0.25, 0.3) is 16.7 Å². The maximum absolute atomic E-state index is 11.9. The predicted octanol–water partition coefficient (Wildman–Crippen LogP) is 1.76. The van der Waals surface area contributed by atoms with E-state index in [1.165, 1.54) is 0 Å². The van der Waals surface area contributed by atoms with Crippen molar-refractivity contribution in [3.05, 3.63) is 23.8 Å².